The Hall–Kier alpha value is -1.06. The summed E-state index contributed by atoms with van der Waals surface area (Å²) in [5.74, 6) is 0.201. The van der Waals surface area contributed by atoms with Crippen LogP contribution in [0.4, 0.5) is 0 Å². The van der Waals surface area contributed by atoms with Crippen molar-refractivity contribution >= 4 is 17.5 Å². The molecule has 0 radical (unpaired) electrons. The fraction of sp³-hybridized carbons (Fsp3) is 0.500. The summed E-state index contributed by atoms with van der Waals surface area (Å²) in [6, 6.07) is 7.65. The van der Waals surface area contributed by atoms with Gasteiger partial charge in [0.15, 0.2) is 0 Å². The smallest absolute Gasteiger partial charge is 0.229 e. The third kappa shape index (κ3) is 2.85. The molecule has 1 fully saturated rings. The van der Waals surface area contributed by atoms with Gasteiger partial charge in [0.25, 0.3) is 0 Å². The summed E-state index contributed by atoms with van der Waals surface area (Å²) in [6.45, 7) is 4.33. The summed E-state index contributed by atoms with van der Waals surface area (Å²) in [5, 5.41) is 3.96. The second-order valence-electron chi connectivity index (χ2n) is 5.28. The normalized spacial score (nSPS) is 23.1. The number of nitrogens with one attached hydrogen (secondary N) is 1. The Morgan fingerprint density at radius 3 is 2.94 bits per heavy atom. The molecule has 0 spiro atoms. The molecule has 1 aromatic rings. The average molecular weight is 267 g/mol. The van der Waals surface area contributed by atoms with Gasteiger partial charge >= 0.3 is 0 Å². The number of carbonyl (C=O) groups excluding carboxylic acids is 1. The van der Waals surface area contributed by atoms with Gasteiger partial charge in [-0.2, -0.15) is 0 Å². The van der Waals surface area contributed by atoms with Crippen molar-refractivity contribution in [2.24, 2.45) is 5.41 Å². The first-order valence-corrected chi connectivity index (χ1v) is 6.60. The minimum Gasteiger partial charge on any atom is -0.341 e. The quantitative estimate of drug-likeness (QED) is 0.911. The molecule has 18 heavy (non-hydrogen) atoms. The molecule has 1 aromatic carbocycles. The van der Waals surface area contributed by atoms with E-state index in [2.05, 4.69) is 5.32 Å². The first-order chi connectivity index (χ1) is 8.51. The molecule has 2 rings (SSSR count). The van der Waals surface area contributed by atoms with E-state index in [0.29, 0.717) is 11.6 Å². The number of nitrogens with zero attached hydrogens (tertiary/aromatic N) is 1. The summed E-state index contributed by atoms with van der Waals surface area (Å²) in [4.78, 5) is 14.2. The van der Waals surface area contributed by atoms with E-state index in [1.165, 1.54) is 0 Å². The van der Waals surface area contributed by atoms with Crippen molar-refractivity contribution in [3.05, 3.63) is 34.9 Å². The maximum Gasteiger partial charge on any atom is 0.229 e. The zero-order chi connectivity index (χ0) is 13.2. The highest BCUT2D eigenvalue weighted by Gasteiger charge is 2.38. The molecule has 98 valence electrons. The second kappa shape index (κ2) is 5.29. The van der Waals surface area contributed by atoms with E-state index >= 15 is 0 Å². The Balaban J connectivity index is 2.03. The number of hydrogen-bond donors (Lipinski definition) is 1. The van der Waals surface area contributed by atoms with Gasteiger partial charge in [0.1, 0.15) is 0 Å². The van der Waals surface area contributed by atoms with Crippen LogP contribution in [-0.4, -0.2) is 30.9 Å². The predicted molar refractivity (Wildman–Crippen MR) is 73.5 cm³/mol. The van der Waals surface area contributed by atoms with Gasteiger partial charge in [0, 0.05) is 25.2 Å². The van der Waals surface area contributed by atoms with Gasteiger partial charge in [-0.25, -0.2) is 0 Å². The summed E-state index contributed by atoms with van der Waals surface area (Å²) in [6.07, 6.45) is 0.908. The van der Waals surface area contributed by atoms with Gasteiger partial charge < -0.3 is 10.2 Å². The molecule has 0 bridgehead atoms. The van der Waals surface area contributed by atoms with E-state index in [-0.39, 0.29) is 11.3 Å². The number of benzene rings is 1. The van der Waals surface area contributed by atoms with Gasteiger partial charge in [-0.1, -0.05) is 23.7 Å². The van der Waals surface area contributed by atoms with Crippen LogP contribution in [0.2, 0.25) is 5.02 Å². The topological polar surface area (TPSA) is 32.3 Å². The lowest BCUT2D eigenvalue weighted by Crippen LogP contribution is -2.41. The van der Waals surface area contributed by atoms with E-state index in [9.17, 15) is 4.79 Å². The van der Waals surface area contributed by atoms with Crippen molar-refractivity contribution in [1.29, 1.82) is 0 Å². The Morgan fingerprint density at radius 1 is 1.56 bits per heavy atom. The van der Waals surface area contributed by atoms with Crippen LogP contribution < -0.4 is 5.32 Å². The molecule has 1 heterocycles. The molecule has 1 aliphatic rings. The van der Waals surface area contributed by atoms with Crippen LogP contribution in [0.1, 0.15) is 18.9 Å². The van der Waals surface area contributed by atoms with Crippen molar-refractivity contribution in [3.8, 4) is 0 Å². The predicted octanol–water partition coefficient (Wildman–Crippen LogP) is 2.30. The van der Waals surface area contributed by atoms with E-state index in [0.717, 1.165) is 25.1 Å². The number of carbonyl (C=O) groups is 1. The average Bonchev–Trinajstić information content (AvgIpc) is 2.76. The first kappa shape index (κ1) is 13.4. The Bertz CT molecular complexity index is 441. The fourth-order valence-corrected chi connectivity index (χ4v) is 2.65. The standard InChI is InChI=1S/C14H19ClN2O/c1-14(6-7-16-10-14)13(18)17(2)9-11-4-3-5-12(15)8-11/h3-5,8,16H,6-7,9-10H2,1-2H3. The summed E-state index contributed by atoms with van der Waals surface area (Å²) < 4.78 is 0. The van der Waals surface area contributed by atoms with E-state index in [4.69, 9.17) is 11.6 Å². The van der Waals surface area contributed by atoms with E-state index in [1.54, 1.807) is 4.90 Å². The number of halogens is 1. The van der Waals surface area contributed by atoms with Crippen LogP contribution in [0.5, 0.6) is 0 Å². The van der Waals surface area contributed by atoms with Crippen LogP contribution >= 0.6 is 11.6 Å². The van der Waals surface area contributed by atoms with Gasteiger partial charge in [0.05, 0.1) is 5.41 Å². The third-order valence-electron chi connectivity index (χ3n) is 3.54. The van der Waals surface area contributed by atoms with Crippen molar-refractivity contribution in [1.82, 2.24) is 10.2 Å². The lowest BCUT2D eigenvalue weighted by molar-refractivity contribution is -0.139. The zero-order valence-electron chi connectivity index (χ0n) is 10.9. The van der Waals surface area contributed by atoms with Crippen molar-refractivity contribution in [2.75, 3.05) is 20.1 Å². The summed E-state index contributed by atoms with van der Waals surface area (Å²) in [7, 11) is 1.85. The first-order valence-electron chi connectivity index (χ1n) is 6.22. The third-order valence-corrected chi connectivity index (χ3v) is 3.78. The molecule has 1 N–H and O–H groups in total. The molecule has 1 aliphatic heterocycles. The Labute approximate surface area is 113 Å². The molecule has 4 heteroatoms. The van der Waals surface area contributed by atoms with Crippen LogP contribution in [-0.2, 0) is 11.3 Å². The number of rotatable bonds is 3. The van der Waals surface area contributed by atoms with Crippen LogP contribution in [0.15, 0.2) is 24.3 Å². The monoisotopic (exact) mass is 266 g/mol. The molecular weight excluding hydrogens is 248 g/mol. The van der Waals surface area contributed by atoms with Crippen LogP contribution in [0.3, 0.4) is 0 Å². The molecule has 1 amide bonds. The maximum atomic E-state index is 12.4. The van der Waals surface area contributed by atoms with Crippen molar-refractivity contribution in [2.45, 2.75) is 19.9 Å². The number of amides is 1. The van der Waals surface area contributed by atoms with E-state index < -0.39 is 0 Å². The molecule has 1 atom stereocenters. The minimum absolute atomic E-state index is 0.201. The highest BCUT2D eigenvalue weighted by atomic mass is 35.5. The summed E-state index contributed by atoms with van der Waals surface area (Å²) >= 11 is 5.95. The molecule has 1 unspecified atom stereocenters. The maximum absolute atomic E-state index is 12.4. The minimum atomic E-state index is -0.257. The molecule has 3 nitrogen and oxygen atoms in total. The largest absolute Gasteiger partial charge is 0.341 e. The second-order valence-corrected chi connectivity index (χ2v) is 5.72. The molecular formula is C14H19ClN2O. The van der Waals surface area contributed by atoms with Gasteiger partial charge in [-0.3, -0.25) is 4.79 Å². The van der Waals surface area contributed by atoms with Gasteiger partial charge in [-0.15, -0.1) is 0 Å². The highest BCUT2D eigenvalue weighted by molar-refractivity contribution is 6.30. The lowest BCUT2D eigenvalue weighted by atomic mass is 9.88. The van der Waals surface area contributed by atoms with Crippen molar-refractivity contribution < 1.29 is 4.79 Å². The molecule has 0 aromatic heterocycles. The van der Waals surface area contributed by atoms with Crippen LogP contribution in [0.25, 0.3) is 0 Å². The fourth-order valence-electron chi connectivity index (χ4n) is 2.44. The molecule has 0 aliphatic carbocycles. The highest BCUT2D eigenvalue weighted by Crippen LogP contribution is 2.27. The van der Waals surface area contributed by atoms with Crippen molar-refractivity contribution in [3.63, 3.8) is 0 Å². The lowest BCUT2D eigenvalue weighted by Gasteiger charge is -2.28. The van der Waals surface area contributed by atoms with Crippen LogP contribution in [0, 0.1) is 5.41 Å². The number of hydrogen-bond acceptors (Lipinski definition) is 2. The van der Waals surface area contributed by atoms with E-state index in [1.807, 2.05) is 38.2 Å². The SMILES string of the molecule is CN(Cc1cccc(Cl)c1)C(=O)C1(C)CCNC1. The Morgan fingerprint density at radius 2 is 2.33 bits per heavy atom. The Kier molecular flexibility index (Phi) is 3.93. The van der Waals surface area contributed by atoms with Gasteiger partial charge in [0.2, 0.25) is 5.91 Å². The van der Waals surface area contributed by atoms with Gasteiger partial charge in [-0.05, 0) is 37.6 Å². The summed E-state index contributed by atoms with van der Waals surface area (Å²) in [5.41, 5.74) is 0.806. The molecule has 0 saturated carbocycles. The zero-order valence-corrected chi connectivity index (χ0v) is 11.6. The molecule has 1 saturated heterocycles.